The van der Waals surface area contributed by atoms with Gasteiger partial charge < -0.3 is 9.84 Å². The Balaban J connectivity index is 2.23. The third-order valence-electron chi connectivity index (χ3n) is 3.90. The highest BCUT2D eigenvalue weighted by Gasteiger charge is 2.34. The van der Waals surface area contributed by atoms with E-state index in [1.807, 2.05) is 0 Å². The maximum absolute atomic E-state index is 12.6. The second-order valence-electron chi connectivity index (χ2n) is 5.12. The number of sulfonamides is 1. The largest absolute Gasteiger partial charge is 0.497 e. The molecule has 0 amide bonds. The molecule has 1 fully saturated rings. The smallest absolute Gasteiger partial charge is 0.243 e. The molecule has 0 aromatic heterocycles. The first-order chi connectivity index (χ1) is 9.46. The van der Waals surface area contributed by atoms with Gasteiger partial charge in [0.05, 0.1) is 24.2 Å². The van der Waals surface area contributed by atoms with E-state index in [0.717, 1.165) is 12.8 Å². The lowest BCUT2D eigenvalue weighted by Gasteiger charge is -2.34. The van der Waals surface area contributed by atoms with Crippen molar-refractivity contribution in [1.29, 1.82) is 0 Å². The third-order valence-corrected chi connectivity index (χ3v) is 5.79. The average molecular weight is 299 g/mol. The van der Waals surface area contributed by atoms with E-state index in [4.69, 9.17) is 4.74 Å². The zero-order valence-corrected chi connectivity index (χ0v) is 12.6. The number of nitrogens with zero attached hydrogens (tertiary/aromatic N) is 1. The van der Waals surface area contributed by atoms with Crippen molar-refractivity contribution in [3.8, 4) is 5.75 Å². The molecular weight excluding hydrogens is 278 g/mol. The Bertz CT molecular complexity index is 541. The molecule has 5 nitrogen and oxygen atoms in total. The van der Waals surface area contributed by atoms with Crippen LogP contribution < -0.4 is 4.74 Å². The second kappa shape index (κ2) is 6.11. The van der Waals surface area contributed by atoms with Gasteiger partial charge in [0.1, 0.15) is 5.75 Å². The van der Waals surface area contributed by atoms with Crippen molar-refractivity contribution in [2.45, 2.75) is 42.7 Å². The van der Waals surface area contributed by atoms with E-state index in [-0.39, 0.29) is 10.9 Å². The van der Waals surface area contributed by atoms with Gasteiger partial charge in [-0.05, 0) is 37.1 Å². The fourth-order valence-corrected chi connectivity index (χ4v) is 4.02. The Morgan fingerprint density at radius 2 is 1.80 bits per heavy atom. The molecule has 112 valence electrons. The summed E-state index contributed by atoms with van der Waals surface area (Å²) in [7, 11) is -0.503. The SMILES string of the molecule is COc1ccc(S(=O)(=O)N(C)[C@@H]2CCCC[C@H]2O)cc1. The van der Waals surface area contributed by atoms with E-state index in [2.05, 4.69) is 0 Å². The minimum Gasteiger partial charge on any atom is -0.497 e. The van der Waals surface area contributed by atoms with Crippen molar-refractivity contribution >= 4 is 10.0 Å². The summed E-state index contributed by atoms with van der Waals surface area (Å²) in [5.41, 5.74) is 0. The number of ether oxygens (including phenoxy) is 1. The van der Waals surface area contributed by atoms with Crippen LogP contribution in [-0.4, -0.2) is 44.1 Å². The summed E-state index contributed by atoms with van der Waals surface area (Å²) in [5.74, 6) is 0.615. The molecule has 20 heavy (non-hydrogen) atoms. The van der Waals surface area contributed by atoms with E-state index in [1.165, 1.54) is 23.5 Å². The Morgan fingerprint density at radius 1 is 1.20 bits per heavy atom. The van der Waals surface area contributed by atoms with Gasteiger partial charge in [0.15, 0.2) is 0 Å². The van der Waals surface area contributed by atoms with Gasteiger partial charge in [-0.15, -0.1) is 0 Å². The average Bonchev–Trinajstić information content (AvgIpc) is 2.47. The first kappa shape index (κ1) is 15.3. The second-order valence-corrected chi connectivity index (χ2v) is 7.11. The summed E-state index contributed by atoms with van der Waals surface area (Å²) in [6.45, 7) is 0. The Hall–Kier alpha value is -1.11. The maximum atomic E-state index is 12.6. The molecule has 0 spiro atoms. The van der Waals surface area contributed by atoms with Crippen molar-refractivity contribution in [1.82, 2.24) is 4.31 Å². The monoisotopic (exact) mass is 299 g/mol. The number of benzene rings is 1. The quantitative estimate of drug-likeness (QED) is 0.917. The van der Waals surface area contributed by atoms with Gasteiger partial charge in [-0.3, -0.25) is 0 Å². The van der Waals surface area contributed by atoms with Crippen LogP contribution in [-0.2, 0) is 10.0 Å². The number of aliphatic hydroxyl groups excluding tert-OH is 1. The molecule has 0 bridgehead atoms. The minimum absolute atomic E-state index is 0.221. The number of hydrogen-bond acceptors (Lipinski definition) is 4. The number of likely N-dealkylation sites (N-methyl/N-ethyl adjacent to an activating group) is 1. The van der Waals surface area contributed by atoms with Gasteiger partial charge in [-0.2, -0.15) is 4.31 Å². The predicted octanol–water partition coefficient (Wildman–Crippen LogP) is 1.62. The molecule has 0 saturated heterocycles. The fraction of sp³-hybridized carbons (Fsp3) is 0.571. The van der Waals surface area contributed by atoms with Crippen LogP contribution >= 0.6 is 0 Å². The van der Waals surface area contributed by atoms with Gasteiger partial charge in [-0.25, -0.2) is 8.42 Å². The highest BCUT2D eigenvalue weighted by atomic mass is 32.2. The first-order valence-electron chi connectivity index (χ1n) is 6.77. The molecule has 0 aliphatic heterocycles. The summed E-state index contributed by atoms with van der Waals surface area (Å²) < 4.78 is 31.4. The summed E-state index contributed by atoms with van der Waals surface area (Å²) in [5, 5.41) is 10.0. The van der Waals surface area contributed by atoms with Crippen LogP contribution in [0.3, 0.4) is 0 Å². The Labute approximate surface area is 120 Å². The molecule has 0 heterocycles. The predicted molar refractivity (Wildman–Crippen MR) is 76.2 cm³/mol. The molecule has 1 aromatic carbocycles. The van der Waals surface area contributed by atoms with Crippen molar-refractivity contribution in [3.05, 3.63) is 24.3 Å². The normalized spacial score (nSPS) is 23.8. The van der Waals surface area contributed by atoms with E-state index >= 15 is 0 Å². The molecule has 0 unspecified atom stereocenters. The van der Waals surface area contributed by atoms with Crippen LogP contribution in [0.5, 0.6) is 5.75 Å². The fourth-order valence-electron chi connectivity index (χ4n) is 2.61. The lowest BCUT2D eigenvalue weighted by atomic mass is 9.93. The van der Waals surface area contributed by atoms with Crippen molar-refractivity contribution in [2.75, 3.05) is 14.2 Å². The van der Waals surface area contributed by atoms with Crippen LogP contribution in [0.2, 0.25) is 0 Å². The van der Waals surface area contributed by atoms with E-state index in [0.29, 0.717) is 18.6 Å². The van der Waals surface area contributed by atoms with Gasteiger partial charge >= 0.3 is 0 Å². The van der Waals surface area contributed by atoms with Gasteiger partial charge in [0.2, 0.25) is 10.0 Å². The van der Waals surface area contributed by atoms with Gasteiger partial charge in [-0.1, -0.05) is 12.8 Å². The summed E-state index contributed by atoms with van der Waals surface area (Å²) in [6, 6.07) is 5.96. The standard InChI is InChI=1S/C14H21NO4S/c1-15(13-5-3-4-6-14(13)16)20(17,18)12-9-7-11(19-2)8-10-12/h7-10,13-14,16H,3-6H2,1-2H3/t13-,14-/m1/s1. The molecule has 0 radical (unpaired) electrons. The molecule has 1 aliphatic carbocycles. The lowest BCUT2D eigenvalue weighted by molar-refractivity contribution is 0.0638. The zero-order chi connectivity index (χ0) is 14.8. The summed E-state index contributed by atoms with van der Waals surface area (Å²) in [4.78, 5) is 0.221. The molecule has 1 N–H and O–H groups in total. The Kier molecular flexibility index (Phi) is 4.67. The van der Waals surface area contributed by atoms with Gasteiger partial charge in [0.25, 0.3) is 0 Å². The summed E-state index contributed by atoms with van der Waals surface area (Å²) >= 11 is 0. The van der Waals surface area contributed by atoms with Crippen LogP contribution in [0.1, 0.15) is 25.7 Å². The topological polar surface area (TPSA) is 66.8 Å². The maximum Gasteiger partial charge on any atom is 0.243 e. The van der Waals surface area contributed by atoms with Crippen LogP contribution in [0.25, 0.3) is 0 Å². The lowest BCUT2D eigenvalue weighted by Crippen LogP contribution is -2.46. The number of aliphatic hydroxyl groups is 1. The zero-order valence-electron chi connectivity index (χ0n) is 11.8. The van der Waals surface area contributed by atoms with E-state index in [9.17, 15) is 13.5 Å². The van der Waals surface area contributed by atoms with E-state index in [1.54, 1.807) is 19.2 Å². The number of hydrogen-bond donors (Lipinski definition) is 1. The molecule has 6 heteroatoms. The molecule has 1 aromatic rings. The van der Waals surface area contributed by atoms with Crippen LogP contribution in [0, 0.1) is 0 Å². The number of rotatable bonds is 4. The summed E-state index contributed by atoms with van der Waals surface area (Å²) in [6.07, 6.45) is 2.68. The van der Waals surface area contributed by atoms with Crippen molar-refractivity contribution in [3.63, 3.8) is 0 Å². The van der Waals surface area contributed by atoms with Crippen molar-refractivity contribution in [2.24, 2.45) is 0 Å². The highest BCUT2D eigenvalue weighted by molar-refractivity contribution is 7.89. The van der Waals surface area contributed by atoms with Crippen LogP contribution in [0.15, 0.2) is 29.2 Å². The highest BCUT2D eigenvalue weighted by Crippen LogP contribution is 2.27. The Morgan fingerprint density at radius 3 is 2.35 bits per heavy atom. The minimum atomic E-state index is -3.58. The molecular formula is C14H21NO4S. The number of methoxy groups -OCH3 is 1. The third kappa shape index (κ3) is 2.97. The van der Waals surface area contributed by atoms with Gasteiger partial charge in [0, 0.05) is 7.05 Å². The van der Waals surface area contributed by atoms with Crippen LogP contribution in [0.4, 0.5) is 0 Å². The molecule has 2 rings (SSSR count). The molecule has 1 aliphatic rings. The van der Waals surface area contributed by atoms with E-state index < -0.39 is 16.1 Å². The van der Waals surface area contributed by atoms with Crippen molar-refractivity contribution < 1.29 is 18.3 Å². The molecule has 1 saturated carbocycles. The molecule has 2 atom stereocenters. The first-order valence-corrected chi connectivity index (χ1v) is 8.21.